The molecule has 0 aromatic heterocycles. The highest BCUT2D eigenvalue weighted by Crippen LogP contribution is 1.83. The zero-order valence-corrected chi connectivity index (χ0v) is 8.31. The van der Waals surface area contributed by atoms with Gasteiger partial charge in [0.15, 0.2) is 0 Å². The monoisotopic (exact) mass is 240 g/mol. The van der Waals surface area contributed by atoms with Gasteiger partial charge < -0.3 is 0 Å². The van der Waals surface area contributed by atoms with Gasteiger partial charge in [-0.3, -0.25) is 4.90 Å². The van der Waals surface area contributed by atoms with Gasteiger partial charge in [-0.25, -0.2) is 4.99 Å². The Morgan fingerprint density at radius 1 is 1.67 bits per heavy atom. The molecule has 3 heteroatoms. The second-order valence-electron chi connectivity index (χ2n) is 1.93. The van der Waals surface area contributed by atoms with Crippen LogP contribution in [0.15, 0.2) is 17.4 Å². The lowest BCUT2D eigenvalue weighted by atomic mass is 10.4. The molecule has 2 nitrogen and oxygen atoms in total. The number of nitrogens with one attached hydrogen (secondary N) is 1. The summed E-state index contributed by atoms with van der Waals surface area (Å²) in [4.78, 5) is 5.45. The minimum Gasteiger partial charge on any atom is -0.265 e. The summed E-state index contributed by atoms with van der Waals surface area (Å²) < 4.78 is 0. The molecule has 1 aliphatic heterocycles. The summed E-state index contributed by atoms with van der Waals surface area (Å²) in [6.45, 7) is 2.12. The molecule has 1 unspecified atom stereocenters. The van der Waals surface area contributed by atoms with Gasteiger partial charge in [0.25, 0.3) is 0 Å². The molecule has 0 radical (unpaired) electrons. The Hall–Kier alpha value is 0.1000. The molecule has 0 aromatic rings. The van der Waals surface area contributed by atoms with Crippen LogP contribution >= 0.6 is 0 Å². The topological polar surface area (TPSA) is 16.8 Å². The van der Waals surface area contributed by atoms with Crippen LogP contribution in [0.3, 0.4) is 0 Å². The summed E-state index contributed by atoms with van der Waals surface area (Å²) in [6.07, 6.45) is 4.95. The molecule has 0 aliphatic carbocycles. The van der Waals surface area contributed by atoms with E-state index in [2.05, 4.69) is 19.0 Å². The fourth-order valence-corrected chi connectivity index (χ4v) is 0.807. The van der Waals surface area contributed by atoms with Crippen LogP contribution < -0.4 is 28.9 Å². The first-order chi connectivity index (χ1) is 3.84. The van der Waals surface area contributed by atoms with Gasteiger partial charge in [-0.1, -0.05) is 6.92 Å². The predicted molar refractivity (Wildman–Crippen MR) is 36.5 cm³/mol. The Kier molecular flexibility index (Phi) is 4.05. The van der Waals surface area contributed by atoms with Gasteiger partial charge >= 0.3 is 0 Å². The second-order valence-corrected chi connectivity index (χ2v) is 1.93. The van der Waals surface area contributed by atoms with Crippen molar-refractivity contribution in [2.45, 2.75) is 13.3 Å². The van der Waals surface area contributed by atoms with Crippen molar-refractivity contribution in [2.24, 2.45) is 4.99 Å². The summed E-state index contributed by atoms with van der Waals surface area (Å²) in [5.74, 6) is 1.23. The van der Waals surface area contributed by atoms with Crippen LogP contribution in [0.5, 0.6) is 0 Å². The Morgan fingerprint density at radius 3 is 2.56 bits per heavy atom. The van der Waals surface area contributed by atoms with Gasteiger partial charge in [0.1, 0.15) is 6.20 Å². The third-order valence-electron chi connectivity index (χ3n) is 1.34. The van der Waals surface area contributed by atoms with E-state index in [1.54, 1.807) is 0 Å². The van der Waals surface area contributed by atoms with E-state index in [1.165, 1.54) is 10.7 Å². The number of hydrogen-bond acceptors (Lipinski definition) is 1. The van der Waals surface area contributed by atoms with Gasteiger partial charge in [-0.2, -0.15) is 0 Å². The van der Waals surface area contributed by atoms with Gasteiger partial charge in [-0.05, 0) is 0 Å². The van der Waals surface area contributed by atoms with Crippen LogP contribution in [-0.4, -0.2) is 12.9 Å². The van der Waals surface area contributed by atoms with Crippen LogP contribution in [-0.2, 0) is 0 Å². The molecule has 0 fully saturated rings. The van der Waals surface area contributed by atoms with Gasteiger partial charge in [0.2, 0.25) is 29.8 Å². The summed E-state index contributed by atoms with van der Waals surface area (Å²) in [5, 5.41) is 0. The molecule has 1 rings (SSSR count). The summed E-state index contributed by atoms with van der Waals surface area (Å²) in [6, 6.07) is 0. The van der Waals surface area contributed by atoms with E-state index < -0.39 is 0 Å². The lowest BCUT2D eigenvalue weighted by molar-refractivity contribution is -0.719. The average molecular weight is 240 g/mol. The maximum absolute atomic E-state index is 4.13. The summed E-state index contributed by atoms with van der Waals surface area (Å²) >= 11 is 0. The van der Waals surface area contributed by atoms with E-state index >= 15 is 0 Å². The van der Waals surface area contributed by atoms with Crippen molar-refractivity contribution in [3.8, 4) is 0 Å². The number of amidine groups is 1. The molecule has 1 atom stereocenters. The van der Waals surface area contributed by atoms with Crippen molar-refractivity contribution in [2.75, 3.05) is 7.05 Å². The van der Waals surface area contributed by atoms with E-state index in [0.29, 0.717) is 0 Å². The highest BCUT2D eigenvalue weighted by atomic mass is 127. The van der Waals surface area contributed by atoms with Gasteiger partial charge in [0.05, 0.1) is 13.2 Å². The molecule has 1 aliphatic rings. The minimum atomic E-state index is 0. The van der Waals surface area contributed by atoms with Crippen LogP contribution in [0.2, 0.25) is 0 Å². The van der Waals surface area contributed by atoms with Crippen LogP contribution in [0.4, 0.5) is 0 Å². The zero-order chi connectivity index (χ0) is 5.98. The summed E-state index contributed by atoms with van der Waals surface area (Å²) in [7, 11) is 2.09. The lowest BCUT2D eigenvalue weighted by Gasteiger charge is -2.00. The van der Waals surface area contributed by atoms with Gasteiger partial charge in [-0.15, -0.1) is 0 Å². The van der Waals surface area contributed by atoms with Crippen molar-refractivity contribution >= 4 is 5.84 Å². The minimum absolute atomic E-state index is 0. The third-order valence-corrected chi connectivity index (χ3v) is 1.34. The molecule has 9 heavy (non-hydrogen) atoms. The molecular weight excluding hydrogens is 227 g/mol. The predicted octanol–water partition coefficient (Wildman–Crippen LogP) is -3.74. The molecule has 0 saturated carbocycles. The first-order valence-corrected chi connectivity index (χ1v) is 2.91. The molecule has 0 aromatic carbocycles. The Labute approximate surface area is 72.7 Å². The largest absolute Gasteiger partial charge is 0.265 e. The molecule has 0 amide bonds. The molecular formula is C6H13IN2+2. The Balaban J connectivity index is 0.000000640. The molecule has 1 heterocycles. The molecule has 0 saturated heterocycles. The van der Waals surface area contributed by atoms with Gasteiger partial charge in [0, 0.05) is 6.42 Å². The first kappa shape index (κ1) is 9.10. The molecule has 0 spiro atoms. The molecule has 52 valence electrons. The van der Waals surface area contributed by atoms with Crippen molar-refractivity contribution in [3.63, 3.8) is 0 Å². The highest BCUT2D eigenvalue weighted by Gasteiger charge is 2.09. The van der Waals surface area contributed by atoms with Crippen molar-refractivity contribution in [3.05, 3.63) is 12.4 Å². The van der Waals surface area contributed by atoms with Crippen LogP contribution in [0.25, 0.3) is 0 Å². The Morgan fingerprint density at radius 2 is 2.33 bits per heavy atom. The highest BCUT2D eigenvalue weighted by molar-refractivity contribution is 5.75. The van der Waals surface area contributed by atoms with E-state index in [4.69, 9.17) is 0 Å². The SMILES string of the molecule is CCC1=NC=C[NH+]1C.[IH2+]. The number of quaternary nitrogens is 1. The van der Waals surface area contributed by atoms with Crippen LogP contribution in [0, 0.1) is 0 Å². The van der Waals surface area contributed by atoms with Crippen molar-refractivity contribution in [1.29, 1.82) is 0 Å². The maximum atomic E-state index is 4.13. The standard InChI is InChI=1S/C6H10N2.H2I/c1-3-6-7-4-5-8(6)2;/h4-5H,3H2,1-2H3;1H2/q;+1/p+1. The van der Waals surface area contributed by atoms with E-state index in [0.717, 1.165) is 6.42 Å². The van der Waals surface area contributed by atoms with E-state index in [9.17, 15) is 0 Å². The third kappa shape index (κ3) is 2.06. The average Bonchev–Trinajstić information content (AvgIpc) is 2.14. The van der Waals surface area contributed by atoms with E-state index in [-0.39, 0.29) is 24.0 Å². The normalized spacial score (nSPS) is 23.3. The fourth-order valence-electron chi connectivity index (χ4n) is 0.807. The van der Waals surface area contributed by atoms with E-state index in [1.807, 2.05) is 12.4 Å². The summed E-state index contributed by atoms with van der Waals surface area (Å²) in [5.41, 5.74) is 0. The maximum Gasteiger partial charge on any atom is 0.235 e. The quantitative estimate of drug-likeness (QED) is 0.454. The number of aliphatic imine (C=N–C) groups is 1. The number of halogens is 1. The molecule has 0 bridgehead atoms. The van der Waals surface area contributed by atoms with Crippen LogP contribution in [0.1, 0.15) is 13.3 Å². The molecule has 1 N–H and O–H groups in total. The number of rotatable bonds is 1. The lowest BCUT2D eigenvalue weighted by Crippen LogP contribution is -3.06. The second kappa shape index (κ2) is 4.00. The first-order valence-electron chi connectivity index (χ1n) is 2.91. The van der Waals surface area contributed by atoms with Crippen molar-refractivity contribution < 1.29 is 28.9 Å². The zero-order valence-electron chi connectivity index (χ0n) is 5.76. The van der Waals surface area contributed by atoms with Crippen molar-refractivity contribution in [1.82, 2.24) is 0 Å². The smallest absolute Gasteiger partial charge is 0.235 e. The fraction of sp³-hybridized carbons (Fsp3) is 0.500. The number of hydrogen-bond donors (Lipinski definition) is 1. The number of nitrogens with zero attached hydrogens (tertiary/aromatic N) is 1. The Bertz CT molecular complexity index is 140.